The van der Waals surface area contributed by atoms with Crippen molar-refractivity contribution in [3.05, 3.63) is 39.0 Å². The average Bonchev–Trinajstić information content (AvgIpc) is 2.68. The van der Waals surface area contributed by atoms with Gasteiger partial charge in [-0.1, -0.05) is 12.2 Å². The number of amides is 3. The van der Waals surface area contributed by atoms with E-state index in [2.05, 4.69) is 27.9 Å². The van der Waals surface area contributed by atoms with Crippen LogP contribution in [-0.4, -0.2) is 30.9 Å². The van der Waals surface area contributed by atoms with Gasteiger partial charge in [0.25, 0.3) is 11.8 Å². The van der Waals surface area contributed by atoms with Gasteiger partial charge in [-0.25, -0.2) is 0 Å². The van der Waals surface area contributed by atoms with Gasteiger partial charge in [0, 0.05) is 21.3 Å². The standard InChI is InChI=1S/C20H22IN3O4/c1-2-3-8-24-16-10-15(14(21)9-17(16)28-11-18(24)25)23-20(27)13-7-5-4-6-12(13)19(22)26/h2-3,9-10H,4-8,11H2,1H3,(H2,22,26)(H,23,27)/b3-2+. The highest BCUT2D eigenvalue weighted by atomic mass is 127. The Morgan fingerprint density at radius 1 is 1.29 bits per heavy atom. The van der Waals surface area contributed by atoms with Crippen molar-refractivity contribution < 1.29 is 19.1 Å². The summed E-state index contributed by atoms with van der Waals surface area (Å²) in [6, 6.07) is 3.54. The van der Waals surface area contributed by atoms with Crippen molar-refractivity contribution in [2.75, 3.05) is 23.4 Å². The summed E-state index contributed by atoms with van der Waals surface area (Å²) in [7, 11) is 0. The zero-order valence-electron chi connectivity index (χ0n) is 15.6. The molecule has 0 fully saturated rings. The number of nitrogens with two attached hydrogens (primary N) is 1. The Morgan fingerprint density at radius 3 is 2.68 bits per heavy atom. The van der Waals surface area contributed by atoms with Crippen molar-refractivity contribution in [1.29, 1.82) is 0 Å². The van der Waals surface area contributed by atoms with Crippen molar-refractivity contribution in [2.24, 2.45) is 5.73 Å². The molecule has 1 aliphatic heterocycles. The Kier molecular flexibility index (Phi) is 6.38. The Labute approximate surface area is 177 Å². The van der Waals surface area contributed by atoms with Gasteiger partial charge in [-0.15, -0.1) is 0 Å². The van der Waals surface area contributed by atoms with E-state index in [0.717, 1.165) is 16.4 Å². The fourth-order valence-electron chi connectivity index (χ4n) is 3.35. The van der Waals surface area contributed by atoms with Crippen LogP contribution in [-0.2, 0) is 14.4 Å². The molecule has 0 radical (unpaired) electrons. The van der Waals surface area contributed by atoms with Crippen LogP contribution in [0.1, 0.15) is 32.6 Å². The highest BCUT2D eigenvalue weighted by molar-refractivity contribution is 14.1. The second kappa shape index (κ2) is 8.76. The normalized spacial score (nSPS) is 16.8. The topological polar surface area (TPSA) is 102 Å². The molecule has 0 bridgehead atoms. The summed E-state index contributed by atoms with van der Waals surface area (Å²) in [4.78, 5) is 38.4. The van der Waals surface area contributed by atoms with E-state index in [1.165, 1.54) is 0 Å². The zero-order chi connectivity index (χ0) is 20.3. The van der Waals surface area contributed by atoms with Crippen molar-refractivity contribution in [1.82, 2.24) is 0 Å². The molecule has 0 spiro atoms. The fourth-order valence-corrected chi connectivity index (χ4v) is 3.93. The molecule has 1 aromatic rings. The minimum Gasteiger partial charge on any atom is -0.482 e. The molecule has 1 aliphatic carbocycles. The van der Waals surface area contributed by atoms with Gasteiger partial charge in [0.15, 0.2) is 6.61 Å². The van der Waals surface area contributed by atoms with Crippen molar-refractivity contribution in [3.63, 3.8) is 0 Å². The molecule has 0 unspecified atom stereocenters. The molecule has 3 amide bonds. The summed E-state index contributed by atoms with van der Waals surface area (Å²) in [5.74, 6) is -0.410. The number of rotatable bonds is 5. The van der Waals surface area contributed by atoms with Gasteiger partial charge in [0.1, 0.15) is 5.75 Å². The number of fused-ring (bicyclic) bond motifs is 1. The minimum atomic E-state index is -0.540. The van der Waals surface area contributed by atoms with Crippen LogP contribution in [0.2, 0.25) is 0 Å². The van der Waals surface area contributed by atoms with Gasteiger partial charge in [0.2, 0.25) is 5.91 Å². The van der Waals surface area contributed by atoms with Gasteiger partial charge in [-0.2, -0.15) is 0 Å². The summed E-state index contributed by atoms with van der Waals surface area (Å²) in [5.41, 5.74) is 7.48. The second-order valence-corrected chi connectivity index (χ2v) is 7.81. The van der Waals surface area contributed by atoms with E-state index in [1.807, 2.05) is 19.1 Å². The predicted molar refractivity (Wildman–Crippen MR) is 115 cm³/mol. The number of nitrogens with zero attached hydrogens (tertiary/aromatic N) is 1. The minimum absolute atomic E-state index is 0.0127. The number of ether oxygens (including phenoxy) is 1. The summed E-state index contributed by atoms with van der Waals surface area (Å²) in [6.45, 7) is 2.30. The van der Waals surface area contributed by atoms with Crippen LogP contribution in [0.25, 0.3) is 0 Å². The van der Waals surface area contributed by atoms with Crippen molar-refractivity contribution in [3.8, 4) is 5.75 Å². The van der Waals surface area contributed by atoms with Crippen LogP contribution in [0.4, 0.5) is 11.4 Å². The molecule has 148 valence electrons. The molecule has 0 saturated carbocycles. The number of allylic oxidation sites excluding steroid dienone is 1. The third-order valence-electron chi connectivity index (χ3n) is 4.80. The number of hydrogen-bond donors (Lipinski definition) is 2. The van der Waals surface area contributed by atoms with Crippen molar-refractivity contribution >= 4 is 51.7 Å². The summed E-state index contributed by atoms with van der Waals surface area (Å²) >= 11 is 2.11. The third kappa shape index (κ3) is 4.21. The number of nitrogens with one attached hydrogen (secondary N) is 1. The average molecular weight is 495 g/mol. The Balaban J connectivity index is 1.93. The molecule has 0 aromatic heterocycles. The Bertz CT molecular complexity index is 892. The Morgan fingerprint density at radius 2 is 2.00 bits per heavy atom. The van der Waals surface area contributed by atoms with E-state index in [1.54, 1.807) is 17.0 Å². The molecular formula is C20H22IN3O4. The molecular weight excluding hydrogens is 473 g/mol. The summed E-state index contributed by atoms with van der Waals surface area (Å²) in [6.07, 6.45) is 6.51. The van der Waals surface area contributed by atoms with Crippen LogP contribution in [0.15, 0.2) is 35.4 Å². The fraction of sp³-hybridized carbons (Fsp3) is 0.350. The van der Waals surface area contributed by atoms with Crippen LogP contribution in [0.5, 0.6) is 5.75 Å². The number of benzene rings is 1. The Hall–Kier alpha value is -2.36. The van der Waals surface area contributed by atoms with Gasteiger partial charge < -0.3 is 20.7 Å². The number of anilines is 2. The number of carbonyl (C=O) groups excluding carboxylic acids is 3. The van der Waals surface area contributed by atoms with Crippen LogP contribution in [0, 0.1) is 3.57 Å². The lowest BCUT2D eigenvalue weighted by Gasteiger charge is -2.29. The second-order valence-electron chi connectivity index (χ2n) is 6.64. The third-order valence-corrected chi connectivity index (χ3v) is 5.70. The van der Waals surface area contributed by atoms with E-state index in [9.17, 15) is 14.4 Å². The van der Waals surface area contributed by atoms with E-state index >= 15 is 0 Å². The van der Waals surface area contributed by atoms with Crippen LogP contribution >= 0.6 is 22.6 Å². The van der Waals surface area contributed by atoms with Crippen LogP contribution < -0.4 is 20.7 Å². The van der Waals surface area contributed by atoms with Gasteiger partial charge in [0.05, 0.1) is 11.4 Å². The molecule has 1 aromatic carbocycles. The number of hydrogen-bond acceptors (Lipinski definition) is 4. The summed E-state index contributed by atoms with van der Waals surface area (Å²) < 4.78 is 6.33. The predicted octanol–water partition coefficient (Wildman–Crippen LogP) is 2.89. The first-order valence-corrected chi connectivity index (χ1v) is 10.2. The molecule has 0 saturated heterocycles. The van der Waals surface area contributed by atoms with Gasteiger partial charge >= 0.3 is 0 Å². The molecule has 3 N–H and O–H groups in total. The first-order chi connectivity index (χ1) is 13.4. The quantitative estimate of drug-likeness (QED) is 0.485. The summed E-state index contributed by atoms with van der Waals surface area (Å²) in [5, 5.41) is 2.88. The van der Waals surface area contributed by atoms with Gasteiger partial charge in [-0.3, -0.25) is 14.4 Å². The van der Waals surface area contributed by atoms with Crippen molar-refractivity contribution in [2.45, 2.75) is 32.6 Å². The maximum absolute atomic E-state index is 12.8. The van der Waals surface area contributed by atoms with E-state index in [4.69, 9.17) is 10.5 Å². The largest absolute Gasteiger partial charge is 0.482 e. The number of carbonyl (C=O) groups is 3. The number of halogens is 1. The van der Waals surface area contributed by atoms with E-state index in [-0.39, 0.29) is 18.4 Å². The molecule has 7 nitrogen and oxygen atoms in total. The molecule has 3 rings (SSSR count). The zero-order valence-corrected chi connectivity index (χ0v) is 17.7. The first kappa shape index (κ1) is 20.4. The SMILES string of the molecule is C/C=C/CN1C(=O)COc2cc(I)c(NC(=O)C3=C(C(N)=O)CCCC3)cc21. The molecule has 8 heteroatoms. The molecule has 1 heterocycles. The maximum atomic E-state index is 12.8. The lowest BCUT2D eigenvalue weighted by Crippen LogP contribution is -2.39. The highest BCUT2D eigenvalue weighted by Gasteiger charge is 2.27. The monoisotopic (exact) mass is 495 g/mol. The molecule has 0 atom stereocenters. The lowest BCUT2D eigenvalue weighted by atomic mass is 9.90. The maximum Gasteiger partial charge on any atom is 0.265 e. The smallest absolute Gasteiger partial charge is 0.265 e. The lowest BCUT2D eigenvalue weighted by molar-refractivity contribution is -0.121. The van der Waals surface area contributed by atoms with E-state index < -0.39 is 5.91 Å². The first-order valence-electron chi connectivity index (χ1n) is 9.13. The highest BCUT2D eigenvalue weighted by Crippen LogP contribution is 2.38. The molecule has 2 aliphatic rings. The van der Waals surface area contributed by atoms with E-state index in [0.29, 0.717) is 47.7 Å². The number of primary amides is 1. The van der Waals surface area contributed by atoms with Gasteiger partial charge in [-0.05, 0) is 67.3 Å². The van der Waals surface area contributed by atoms with Crippen LogP contribution in [0.3, 0.4) is 0 Å². The molecule has 28 heavy (non-hydrogen) atoms.